The fraction of sp³-hybridized carbons (Fsp3) is 0.273. The summed E-state index contributed by atoms with van der Waals surface area (Å²) in [5.74, 6) is 1.08. The van der Waals surface area contributed by atoms with Crippen molar-refractivity contribution in [3.8, 4) is 21.1 Å². The van der Waals surface area contributed by atoms with Crippen molar-refractivity contribution in [2.75, 3.05) is 10.6 Å². The number of H-pyrrole nitrogens is 1. The van der Waals surface area contributed by atoms with Gasteiger partial charge in [-0.2, -0.15) is 36.3 Å². The molecule has 412 valence electrons. The summed E-state index contributed by atoms with van der Waals surface area (Å²) in [5.41, 5.74) is -3.65. The van der Waals surface area contributed by atoms with Gasteiger partial charge in [-0.3, -0.25) is 43.3 Å². The molecule has 0 fully saturated rings. The first-order valence-corrected chi connectivity index (χ1v) is 24.6. The molecule has 0 aliphatic heterocycles. The molecule has 35 heteroatoms. The van der Waals surface area contributed by atoms with E-state index in [1.54, 1.807) is 13.8 Å². The summed E-state index contributed by atoms with van der Waals surface area (Å²) in [4.78, 5) is 108. The van der Waals surface area contributed by atoms with E-state index in [-0.39, 0.29) is 70.6 Å². The van der Waals surface area contributed by atoms with Crippen LogP contribution >= 0.6 is 34.3 Å². The minimum absolute atomic E-state index is 0.00811. The van der Waals surface area contributed by atoms with Crippen molar-refractivity contribution in [1.82, 2.24) is 78.0 Å². The van der Waals surface area contributed by atoms with E-state index in [2.05, 4.69) is 70.3 Å². The predicted molar refractivity (Wildman–Crippen MR) is 269 cm³/mol. The number of imidazole rings is 2. The highest BCUT2D eigenvalue weighted by Gasteiger charge is 2.35. The molecule has 0 radical (unpaired) electrons. The Hall–Kier alpha value is -9.05. The second kappa shape index (κ2) is 22.5. The first kappa shape index (κ1) is 56.2. The number of fused-ring (bicyclic) bond motifs is 2. The van der Waals surface area contributed by atoms with E-state index in [0.717, 1.165) is 44.2 Å². The maximum absolute atomic E-state index is 13.2. The Morgan fingerprint density at radius 2 is 1.14 bits per heavy atom. The van der Waals surface area contributed by atoms with Crippen LogP contribution in [0.1, 0.15) is 45.9 Å². The van der Waals surface area contributed by atoms with Crippen LogP contribution in [-0.2, 0) is 61.6 Å². The molecule has 0 atom stereocenters. The van der Waals surface area contributed by atoms with E-state index in [4.69, 9.17) is 16.1 Å². The summed E-state index contributed by atoms with van der Waals surface area (Å²) in [6, 6.07) is 2.65. The van der Waals surface area contributed by atoms with Crippen molar-refractivity contribution < 1.29 is 45.0 Å². The second-order valence-corrected chi connectivity index (χ2v) is 18.7. The minimum Gasteiger partial charge on any atom is -0.338 e. The molecule has 79 heavy (non-hydrogen) atoms. The van der Waals surface area contributed by atoms with E-state index >= 15 is 0 Å². The van der Waals surface area contributed by atoms with Gasteiger partial charge in [0.05, 0.1) is 12.7 Å². The van der Waals surface area contributed by atoms with E-state index in [0.29, 0.717) is 44.6 Å². The molecule has 10 aromatic heterocycles. The Balaban J connectivity index is 0.000000185. The fourth-order valence-electron chi connectivity index (χ4n) is 7.40. The molecule has 0 spiro atoms. The van der Waals surface area contributed by atoms with E-state index in [1.165, 1.54) is 77.2 Å². The number of alkyl halides is 7. The molecule has 0 bridgehead atoms. The molecule has 0 unspecified atom stereocenters. The SMILES string of the molecule is Cc1cc(-c2nc(NC(=O)Cn3cnc4c3c(=O)[nH]c(=O)n4C)cs2)cnc1C(F)(F)F.Cc1noc(CCl)n1.Cc1noc(Cn2c(=O)c3c(ncn3CC(=O)Nc3csc(-c4cnc(C(F)(F)F)c(C)c4)n3)n(C)c2=O)n1. The van der Waals surface area contributed by atoms with Crippen LogP contribution < -0.4 is 33.1 Å². The average molecular weight is 1160 g/mol. The number of aromatic amines is 1. The van der Waals surface area contributed by atoms with Crippen LogP contribution in [0.3, 0.4) is 0 Å². The van der Waals surface area contributed by atoms with E-state index < -0.39 is 58.1 Å². The number of nitrogens with zero attached hydrogens (tertiary/aromatic N) is 15. The summed E-state index contributed by atoms with van der Waals surface area (Å²) in [6.07, 6.45) is -4.44. The van der Waals surface area contributed by atoms with Gasteiger partial charge in [-0.25, -0.2) is 34.1 Å². The van der Waals surface area contributed by atoms with Gasteiger partial charge in [-0.05, 0) is 51.0 Å². The molecule has 10 rings (SSSR count). The average Bonchev–Trinajstić information content (AvgIpc) is 4.33. The number of anilines is 2. The molecule has 0 aromatic carbocycles. The molecule has 3 N–H and O–H groups in total. The number of carbonyl (C=O) groups is 2. The highest BCUT2D eigenvalue weighted by atomic mass is 35.5. The lowest BCUT2D eigenvalue weighted by molar-refractivity contribution is -0.142. The van der Waals surface area contributed by atoms with Crippen molar-refractivity contribution in [1.29, 1.82) is 0 Å². The number of halogens is 7. The standard InChI is InChI=1S/C22H18F3N9O4S.C18H14F3N7O3S.C4H5ClN2O/c1-10-4-12(5-26-17(10)22(23,24)25)19-30-13(8-39-19)29-14(35)6-33-9-27-18-16(33)20(36)34(21(37)32(18)3)7-15-28-11(2)31-38-15;1-8-3-9(4-22-13(8)18(19,20)21)16-25-10(6-32-16)24-11(29)5-28-7-23-14-12(28)15(30)26-17(31)27(14)2;1-3-6-4(2-5)8-7-3/h4-5,8-9H,6-7H2,1-3H3,(H,29,35);3-4,6-7H,5H2,1-2H3,(H,24,29)(H,26,30,31);2H2,1H3. The summed E-state index contributed by atoms with van der Waals surface area (Å²) < 4.78 is 93.1. The Morgan fingerprint density at radius 3 is 1.57 bits per heavy atom. The molecule has 26 nitrogen and oxygen atoms in total. The Kier molecular flexibility index (Phi) is 16.0. The van der Waals surface area contributed by atoms with Crippen LogP contribution in [0.4, 0.5) is 38.0 Å². The topological polar surface area (TPSA) is 322 Å². The van der Waals surface area contributed by atoms with Gasteiger partial charge in [0.1, 0.15) is 58.6 Å². The number of aryl methyl sites for hydroxylation is 6. The Morgan fingerprint density at radius 1 is 0.671 bits per heavy atom. The quantitative estimate of drug-likeness (QED) is 0.111. The molecule has 10 heterocycles. The number of pyridine rings is 2. The van der Waals surface area contributed by atoms with Crippen LogP contribution in [-0.4, -0.2) is 89.8 Å². The lowest BCUT2D eigenvalue weighted by Crippen LogP contribution is -2.40. The summed E-state index contributed by atoms with van der Waals surface area (Å²) >= 11 is 7.58. The van der Waals surface area contributed by atoms with Crippen molar-refractivity contribution in [3.05, 3.63) is 136 Å². The third-order valence-corrected chi connectivity index (χ3v) is 12.9. The maximum atomic E-state index is 13.2. The predicted octanol–water partition coefficient (Wildman–Crippen LogP) is 5.15. The van der Waals surface area contributed by atoms with Crippen LogP contribution in [0.25, 0.3) is 43.5 Å². The van der Waals surface area contributed by atoms with Crippen LogP contribution in [0.15, 0.2) is 76.2 Å². The number of carbonyl (C=O) groups excluding carboxylic acids is 2. The van der Waals surface area contributed by atoms with Gasteiger partial charge in [0.25, 0.3) is 11.1 Å². The summed E-state index contributed by atoms with van der Waals surface area (Å²) in [5, 5.41) is 16.1. The largest absolute Gasteiger partial charge is 0.433 e. The molecule has 0 aliphatic carbocycles. The highest BCUT2D eigenvalue weighted by Crippen LogP contribution is 2.35. The maximum Gasteiger partial charge on any atom is 0.433 e. The fourth-order valence-corrected chi connectivity index (χ4v) is 8.98. The normalized spacial score (nSPS) is 11.6. The lowest BCUT2D eigenvalue weighted by atomic mass is 10.1. The first-order valence-electron chi connectivity index (χ1n) is 22.3. The van der Waals surface area contributed by atoms with Crippen LogP contribution in [0, 0.1) is 27.7 Å². The number of rotatable bonds is 11. The first-order chi connectivity index (χ1) is 37.3. The number of nitrogens with one attached hydrogen (secondary N) is 3. The number of thiazole rings is 2. The molecular formula is C44H37ClF6N18O8S2. The van der Waals surface area contributed by atoms with E-state index in [9.17, 15) is 55.1 Å². The Labute approximate surface area is 448 Å². The molecule has 0 aliphatic rings. The molecular weight excluding hydrogens is 1120 g/mol. The van der Waals surface area contributed by atoms with Gasteiger partial charge in [0.15, 0.2) is 34.0 Å². The van der Waals surface area contributed by atoms with Gasteiger partial charge in [0, 0.05) is 48.4 Å². The van der Waals surface area contributed by atoms with Gasteiger partial charge in [-0.15, -0.1) is 34.3 Å². The number of aromatic nitrogens is 16. The van der Waals surface area contributed by atoms with Crippen LogP contribution in [0.2, 0.25) is 0 Å². The second-order valence-electron chi connectivity index (χ2n) is 16.7. The molecule has 2 amide bonds. The number of hydrogen-bond acceptors (Lipinski definition) is 20. The molecule has 0 saturated carbocycles. The molecule has 10 aromatic rings. The van der Waals surface area contributed by atoms with Crippen LogP contribution in [0.5, 0.6) is 0 Å². The lowest BCUT2D eigenvalue weighted by Gasteiger charge is -2.09. The van der Waals surface area contributed by atoms with Crippen molar-refractivity contribution >= 4 is 80.1 Å². The zero-order chi connectivity index (χ0) is 57.2. The molecule has 0 saturated heterocycles. The zero-order valence-corrected chi connectivity index (χ0v) is 43.8. The Bertz CT molecular complexity index is 4180. The zero-order valence-electron chi connectivity index (χ0n) is 41.4. The smallest absolute Gasteiger partial charge is 0.338 e. The van der Waals surface area contributed by atoms with Crippen molar-refractivity contribution in [2.45, 2.75) is 65.6 Å². The number of amides is 2. The number of hydrogen-bond donors (Lipinski definition) is 3. The van der Waals surface area contributed by atoms with Gasteiger partial charge in [-0.1, -0.05) is 10.3 Å². The third-order valence-electron chi connectivity index (χ3n) is 10.9. The van der Waals surface area contributed by atoms with Gasteiger partial charge < -0.3 is 28.8 Å². The third kappa shape index (κ3) is 12.5. The highest BCUT2D eigenvalue weighted by molar-refractivity contribution is 7.13. The van der Waals surface area contributed by atoms with E-state index in [1.807, 2.05) is 0 Å². The summed E-state index contributed by atoms with van der Waals surface area (Å²) in [6.45, 7) is 5.08. The van der Waals surface area contributed by atoms with Gasteiger partial charge in [0.2, 0.25) is 23.6 Å². The van der Waals surface area contributed by atoms with Gasteiger partial charge >= 0.3 is 23.7 Å². The summed E-state index contributed by atoms with van der Waals surface area (Å²) in [7, 11) is 2.87. The minimum atomic E-state index is -4.57. The van der Waals surface area contributed by atoms with Crippen molar-refractivity contribution in [3.63, 3.8) is 0 Å². The monoisotopic (exact) mass is 1160 g/mol. The van der Waals surface area contributed by atoms with Crippen molar-refractivity contribution in [2.24, 2.45) is 14.1 Å².